The molecular formula is C21H27N3O3. The molecule has 4 aliphatic carbocycles. The van der Waals surface area contributed by atoms with Gasteiger partial charge in [0, 0.05) is 6.42 Å². The van der Waals surface area contributed by atoms with Gasteiger partial charge in [0.05, 0.1) is 22.7 Å². The number of carbonyl (C=O) groups is 1. The van der Waals surface area contributed by atoms with E-state index < -0.39 is 5.60 Å². The predicted molar refractivity (Wildman–Crippen MR) is 102 cm³/mol. The summed E-state index contributed by atoms with van der Waals surface area (Å²) in [4.78, 5) is 29.7. The summed E-state index contributed by atoms with van der Waals surface area (Å²) in [6.07, 6.45) is 6.56. The van der Waals surface area contributed by atoms with Crippen LogP contribution in [0.25, 0.3) is 11.0 Å². The summed E-state index contributed by atoms with van der Waals surface area (Å²) in [5.41, 5.74) is 1.72. The number of aromatic nitrogens is 2. The van der Waals surface area contributed by atoms with Crippen LogP contribution in [0.5, 0.6) is 0 Å². The first-order valence-corrected chi connectivity index (χ1v) is 10.1. The Bertz CT molecular complexity index is 945. The minimum atomic E-state index is -0.527. The number of aliphatic hydroxyl groups is 1. The predicted octanol–water partition coefficient (Wildman–Crippen LogP) is 2.75. The van der Waals surface area contributed by atoms with Gasteiger partial charge in [0.15, 0.2) is 0 Å². The molecule has 4 saturated carbocycles. The Labute approximate surface area is 157 Å². The molecule has 4 aliphatic rings. The van der Waals surface area contributed by atoms with Gasteiger partial charge in [-0.2, -0.15) is 0 Å². The fraction of sp³-hybridized carbons (Fsp3) is 0.619. The van der Waals surface area contributed by atoms with Crippen molar-refractivity contribution in [2.75, 3.05) is 0 Å². The van der Waals surface area contributed by atoms with Gasteiger partial charge in [-0.15, -0.1) is 0 Å². The molecule has 4 N–H and O–H groups in total. The number of fused-ring (bicyclic) bond motifs is 1. The van der Waals surface area contributed by atoms with E-state index in [0.717, 1.165) is 48.7 Å². The second-order valence-corrected chi connectivity index (χ2v) is 9.54. The maximum absolute atomic E-state index is 12.8. The Kier molecular flexibility index (Phi) is 3.60. The lowest BCUT2D eigenvalue weighted by molar-refractivity contribution is -0.169. The second-order valence-electron chi connectivity index (χ2n) is 9.54. The third-order valence-corrected chi connectivity index (χ3v) is 7.10. The molecule has 1 aromatic heterocycles. The highest BCUT2D eigenvalue weighted by Crippen LogP contribution is 2.62. The van der Waals surface area contributed by atoms with Gasteiger partial charge < -0.3 is 20.4 Å². The van der Waals surface area contributed by atoms with Gasteiger partial charge in [0.25, 0.3) is 0 Å². The normalized spacial score (nSPS) is 35.5. The van der Waals surface area contributed by atoms with Crippen molar-refractivity contribution in [3.63, 3.8) is 0 Å². The van der Waals surface area contributed by atoms with E-state index in [1.165, 1.54) is 6.42 Å². The van der Waals surface area contributed by atoms with Crippen LogP contribution in [0.15, 0.2) is 23.0 Å². The molecule has 0 saturated heterocycles. The van der Waals surface area contributed by atoms with Crippen molar-refractivity contribution in [2.24, 2.45) is 17.3 Å². The van der Waals surface area contributed by atoms with Crippen LogP contribution in [0.1, 0.15) is 63.5 Å². The van der Waals surface area contributed by atoms with Crippen molar-refractivity contribution in [1.82, 2.24) is 15.3 Å². The number of carbonyl (C=O) groups excluding carboxylic acids is 1. The van der Waals surface area contributed by atoms with Crippen LogP contribution in [0.4, 0.5) is 0 Å². The van der Waals surface area contributed by atoms with Crippen LogP contribution >= 0.6 is 0 Å². The smallest absolute Gasteiger partial charge is 0.323 e. The maximum Gasteiger partial charge on any atom is 0.323 e. The number of hydrogen-bond acceptors (Lipinski definition) is 3. The lowest BCUT2D eigenvalue weighted by Crippen LogP contribution is -2.56. The van der Waals surface area contributed by atoms with Crippen LogP contribution in [-0.4, -0.2) is 26.6 Å². The standard InChI is InChI=1S/C21H27N3O3/c1-12(15-2-3-16-17(5-15)24-19(26)23-16)22-18(25)10-20-6-13-4-14(7-20)9-21(27,8-13)11-20/h2-3,5,12-14,27H,4,6-11H2,1H3,(H,22,25)(H2,23,24,26)/t12-,13+,14+,20?,21?/m0/s1. The zero-order chi connectivity index (χ0) is 18.8. The molecule has 4 fully saturated rings. The number of amides is 1. The second kappa shape index (κ2) is 5.71. The Balaban J connectivity index is 1.29. The average Bonchev–Trinajstić information content (AvgIpc) is 2.90. The summed E-state index contributed by atoms with van der Waals surface area (Å²) in [7, 11) is 0. The van der Waals surface area contributed by atoms with Crippen LogP contribution in [0, 0.1) is 17.3 Å². The molecule has 1 heterocycles. The van der Waals surface area contributed by atoms with Gasteiger partial charge in [-0.3, -0.25) is 4.79 Å². The fourth-order valence-corrected chi connectivity index (χ4v) is 6.64. The molecule has 1 aromatic carbocycles. The number of rotatable bonds is 4. The Morgan fingerprint density at radius 2 is 1.93 bits per heavy atom. The summed E-state index contributed by atoms with van der Waals surface area (Å²) in [5.74, 6) is 1.25. The van der Waals surface area contributed by atoms with Crippen LogP contribution in [0.3, 0.4) is 0 Å². The number of nitrogens with one attached hydrogen (secondary N) is 3. The third-order valence-electron chi connectivity index (χ3n) is 7.10. The molecule has 0 radical (unpaired) electrons. The first kappa shape index (κ1) is 17.0. The van der Waals surface area contributed by atoms with Crippen molar-refractivity contribution in [3.05, 3.63) is 34.2 Å². The molecule has 6 rings (SSSR count). The summed E-state index contributed by atoms with van der Waals surface area (Å²) in [6.45, 7) is 1.97. The van der Waals surface area contributed by atoms with E-state index in [4.69, 9.17) is 0 Å². The first-order valence-electron chi connectivity index (χ1n) is 10.1. The Morgan fingerprint density at radius 3 is 2.63 bits per heavy atom. The van der Waals surface area contributed by atoms with Gasteiger partial charge in [0.2, 0.25) is 5.91 Å². The number of imidazole rings is 1. The van der Waals surface area contributed by atoms with E-state index in [1.807, 2.05) is 25.1 Å². The molecular weight excluding hydrogens is 342 g/mol. The maximum atomic E-state index is 12.8. The van der Waals surface area contributed by atoms with Crippen molar-refractivity contribution in [3.8, 4) is 0 Å². The van der Waals surface area contributed by atoms with E-state index >= 15 is 0 Å². The Morgan fingerprint density at radius 1 is 1.22 bits per heavy atom. The molecule has 0 unspecified atom stereocenters. The highest BCUT2D eigenvalue weighted by Gasteiger charge is 2.57. The zero-order valence-electron chi connectivity index (χ0n) is 15.7. The number of aromatic amines is 2. The van der Waals surface area contributed by atoms with E-state index in [-0.39, 0.29) is 23.1 Å². The average molecular weight is 369 g/mol. The van der Waals surface area contributed by atoms with E-state index in [9.17, 15) is 14.7 Å². The topological polar surface area (TPSA) is 98.0 Å². The van der Waals surface area contributed by atoms with Crippen LogP contribution in [-0.2, 0) is 4.79 Å². The third kappa shape index (κ3) is 3.00. The molecule has 0 spiro atoms. The zero-order valence-corrected chi connectivity index (χ0v) is 15.7. The number of H-pyrrole nitrogens is 2. The minimum absolute atomic E-state index is 0.0154. The van der Waals surface area contributed by atoms with Crippen molar-refractivity contribution >= 4 is 16.9 Å². The monoisotopic (exact) mass is 369 g/mol. The molecule has 2 aromatic rings. The lowest BCUT2D eigenvalue weighted by Gasteiger charge is -2.60. The van der Waals surface area contributed by atoms with E-state index in [2.05, 4.69) is 15.3 Å². The number of benzene rings is 1. The number of hydrogen-bond donors (Lipinski definition) is 4. The molecule has 144 valence electrons. The molecule has 3 atom stereocenters. The van der Waals surface area contributed by atoms with E-state index in [1.54, 1.807) is 0 Å². The molecule has 6 heteroatoms. The molecule has 1 amide bonds. The largest absolute Gasteiger partial charge is 0.390 e. The summed E-state index contributed by atoms with van der Waals surface area (Å²) in [6, 6.07) is 5.58. The lowest BCUT2D eigenvalue weighted by atomic mass is 9.47. The molecule has 0 aliphatic heterocycles. The van der Waals surface area contributed by atoms with Crippen molar-refractivity contribution in [2.45, 2.75) is 63.5 Å². The molecule has 6 nitrogen and oxygen atoms in total. The Hall–Kier alpha value is -2.08. The summed E-state index contributed by atoms with van der Waals surface area (Å²) < 4.78 is 0. The van der Waals surface area contributed by atoms with Crippen molar-refractivity contribution in [1.29, 1.82) is 0 Å². The van der Waals surface area contributed by atoms with Gasteiger partial charge in [-0.05, 0) is 80.4 Å². The van der Waals surface area contributed by atoms with Crippen molar-refractivity contribution < 1.29 is 9.90 Å². The molecule has 4 bridgehead atoms. The van der Waals surface area contributed by atoms with Gasteiger partial charge in [-0.25, -0.2) is 4.79 Å². The van der Waals surface area contributed by atoms with Gasteiger partial charge in [0.1, 0.15) is 0 Å². The minimum Gasteiger partial charge on any atom is -0.390 e. The van der Waals surface area contributed by atoms with Gasteiger partial charge in [-0.1, -0.05) is 6.07 Å². The van der Waals surface area contributed by atoms with Crippen LogP contribution < -0.4 is 11.0 Å². The highest BCUT2D eigenvalue weighted by atomic mass is 16.3. The summed E-state index contributed by atoms with van der Waals surface area (Å²) >= 11 is 0. The highest BCUT2D eigenvalue weighted by molar-refractivity contribution is 5.78. The van der Waals surface area contributed by atoms with Gasteiger partial charge >= 0.3 is 5.69 Å². The van der Waals surface area contributed by atoms with Crippen LogP contribution in [0.2, 0.25) is 0 Å². The quantitative estimate of drug-likeness (QED) is 0.667. The SMILES string of the molecule is C[C@H](NC(=O)CC12C[C@H]3C[C@@H](CC(O)(C3)C1)C2)c1ccc2[nH]c(=O)[nH]c2c1. The first-order chi connectivity index (χ1) is 12.8. The molecule has 27 heavy (non-hydrogen) atoms. The fourth-order valence-electron chi connectivity index (χ4n) is 6.64. The summed E-state index contributed by atoms with van der Waals surface area (Å²) in [5, 5.41) is 14.0. The van der Waals surface area contributed by atoms with E-state index in [0.29, 0.717) is 18.3 Å².